The topological polar surface area (TPSA) is 131 Å². The van der Waals surface area contributed by atoms with Gasteiger partial charge in [0.05, 0.1) is 5.69 Å². The number of halogens is 1. The van der Waals surface area contributed by atoms with Crippen LogP contribution in [0.2, 0.25) is 5.02 Å². The highest BCUT2D eigenvalue weighted by Crippen LogP contribution is 2.30. The molecular weight excluding hydrogens is 438 g/mol. The predicted octanol–water partition coefficient (Wildman–Crippen LogP) is 3.45. The van der Waals surface area contributed by atoms with Crippen LogP contribution in [0, 0.1) is 5.92 Å². The largest absolute Gasteiger partial charge is 0.395 e. The molecule has 1 unspecified atom stereocenters. The molecule has 0 aliphatic rings. The van der Waals surface area contributed by atoms with Gasteiger partial charge in [-0.05, 0) is 68.9 Å². The van der Waals surface area contributed by atoms with Crippen molar-refractivity contribution in [3.05, 3.63) is 39.9 Å². The Labute approximate surface area is 191 Å². The van der Waals surface area contributed by atoms with E-state index in [2.05, 4.69) is 9.69 Å². The lowest BCUT2D eigenvalue weighted by Crippen LogP contribution is -2.54. The van der Waals surface area contributed by atoms with E-state index in [9.17, 15) is 14.4 Å². The van der Waals surface area contributed by atoms with Crippen molar-refractivity contribution in [3.63, 3.8) is 0 Å². The zero-order valence-electron chi connectivity index (χ0n) is 18.2. The van der Waals surface area contributed by atoms with Crippen molar-refractivity contribution in [2.24, 2.45) is 11.7 Å². The molecule has 2 aromatic rings. The highest BCUT2D eigenvalue weighted by atomic mass is 35.5. The molecule has 0 bridgehead atoms. The van der Waals surface area contributed by atoms with E-state index in [4.69, 9.17) is 23.1 Å². The summed E-state index contributed by atoms with van der Waals surface area (Å²) in [4.78, 5) is 39.9. The minimum atomic E-state index is -0.827. The summed E-state index contributed by atoms with van der Waals surface area (Å²) in [5.74, 6) is -1.56. The van der Waals surface area contributed by atoms with Gasteiger partial charge < -0.3 is 16.8 Å². The Morgan fingerprint density at radius 2 is 1.77 bits per heavy atom. The Bertz CT molecular complexity index is 966. The molecule has 0 saturated heterocycles. The lowest BCUT2D eigenvalue weighted by atomic mass is 9.98. The fourth-order valence-electron chi connectivity index (χ4n) is 3.01. The fourth-order valence-corrected chi connectivity index (χ4v) is 3.88. The van der Waals surface area contributed by atoms with Crippen LogP contribution in [-0.2, 0) is 4.79 Å². The number of primary amides is 1. The summed E-state index contributed by atoms with van der Waals surface area (Å²) in [5, 5.41) is 3.44. The number of anilines is 2. The molecule has 5 N–H and O–H groups in total. The first-order chi connectivity index (χ1) is 14.3. The van der Waals surface area contributed by atoms with E-state index < -0.39 is 23.4 Å². The average Bonchev–Trinajstić information content (AvgIpc) is 3.02. The molecule has 2 rings (SSSR count). The first-order valence-corrected chi connectivity index (χ1v) is 10.9. The Hall–Kier alpha value is -2.65. The number of amides is 3. The molecule has 1 atom stereocenters. The van der Waals surface area contributed by atoms with Crippen molar-refractivity contribution >= 4 is 52.2 Å². The molecule has 1 heterocycles. The number of aromatic nitrogens is 1. The summed E-state index contributed by atoms with van der Waals surface area (Å²) in [5.41, 5.74) is 11.0. The standard InChI is InChI=1S/C21H28ClN5O3S/c1-11(2)10-14(19(29)25-21(3,4)5)27(13-8-6-12(22)7-9-13)20(30)17-15(23)16(18(24)28)26-31-17/h6-9,11,14H,10,23H2,1-5H3,(H2,24,28)(H,25,29). The molecule has 0 fully saturated rings. The van der Waals surface area contributed by atoms with Crippen LogP contribution in [0.15, 0.2) is 24.3 Å². The molecule has 31 heavy (non-hydrogen) atoms. The second-order valence-electron chi connectivity index (χ2n) is 8.67. The maximum Gasteiger partial charge on any atom is 0.272 e. The summed E-state index contributed by atoms with van der Waals surface area (Å²) >= 11 is 6.80. The fraction of sp³-hybridized carbons (Fsp3) is 0.429. The van der Waals surface area contributed by atoms with Crippen LogP contribution in [0.25, 0.3) is 0 Å². The number of carbonyl (C=O) groups is 3. The van der Waals surface area contributed by atoms with Crippen LogP contribution in [-0.4, -0.2) is 33.7 Å². The van der Waals surface area contributed by atoms with Crippen LogP contribution in [0.5, 0.6) is 0 Å². The third-order valence-corrected chi connectivity index (χ3v) is 5.39. The van der Waals surface area contributed by atoms with E-state index in [0.717, 1.165) is 11.5 Å². The number of benzene rings is 1. The van der Waals surface area contributed by atoms with E-state index in [1.54, 1.807) is 24.3 Å². The first-order valence-electron chi connectivity index (χ1n) is 9.78. The summed E-state index contributed by atoms with van der Waals surface area (Å²) < 4.78 is 3.92. The highest BCUT2D eigenvalue weighted by molar-refractivity contribution is 7.09. The summed E-state index contributed by atoms with van der Waals surface area (Å²) in [6, 6.07) is 5.76. The van der Waals surface area contributed by atoms with E-state index in [1.165, 1.54) is 4.90 Å². The molecule has 8 nitrogen and oxygen atoms in total. The molecule has 10 heteroatoms. The monoisotopic (exact) mass is 465 g/mol. The van der Waals surface area contributed by atoms with Gasteiger partial charge in [-0.3, -0.25) is 19.3 Å². The van der Waals surface area contributed by atoms with Crippen LogP contribution in [0.3, 0.4) is 0 Å². The van der Waals surface area contributed by atoms with Gasteiger partial charge in [0.25, 0.3) is 11.8 Å². The second kappa shape index (κ2) is 9.65. The zero-order chi connectivity index (χ0) is 23.5. The van der Waals surface area contributed by atoms with Gasteiger partial charge in [0.2, 0.25) is 5.91 Å². The molecule has 3 amide bonds. The SMILES string of the molecule is CC(C)CC(C(=O)NC(C)(C)C)N(C(=O)c1snc(C(N)=O)c1N)c1ccc(Cl)cc1. The van der Waals surface area contributed by atoms with Crippen LogP contribution in [0.4, 0.5) is 11.4 Å². The summed E-state index contributed by atoms with van der Waals surface area (Å²) in [7, 11) is 0. The number of nitrogens with two attached hydrogens (primary N) is 2. The van der Waals surface area contributed by atoms with Crippen molar-refractivity contribution in [1.82, 2.24) is 9.69 Å². The first kappa shape index (κ1) is 24.6. The van der Waals surface area contributed by atoms with Crippen molar-refractivity contribution in [1.29, 1.82) is 0 Å². The number of hydrogen-bond donors (Lipinski definition) is 3. The Morgan fingerprint density at radius 3 is 2.23 bits per heavy atom. The molecule has 1 aromatic heterocycles. The van der Waals surface area contributed by atoms with E-state index in [0.29, 0.717) is 17.1 Å². The normalized spacial score (nSPS) is 12.5. The Morgan fingerprint density at radius 1 is 1.19 bits per heavy atom. The maximum absolute atomic E-state index is 13.6. The Balaban J connectivity index is 2.61. The van der Waals surface area contributed by atoms with Gasteiger partial charge in [0, 0.05) is 16.2 Å². The quantitative estimate of drug-likeness (QED) is 0.576. The number of nitrogens with one attached hydrogen (secondary N) is 1. The molecule has 0 aliphatic carbocycles. The smallest absolute Gasteiger partial charge is 0.272 e. The highest BCUT2D eigenvalue weighted by Gasteiger charge is 2.36. The van der Waals surface area contributed by atoms with Gasteiger partial charge in [0.1, 0.15) is 10.9 Å². The van der Waals surface area contributed by atoms with Gasteiger partial charge in [-0.1, -0.05) is 25.4 Å². The molecule has 1 aromatic carbocycles. The van der Waals surface area contributed by atoms with Gasteiger partial charge in [-0.25, -0.2) is 0 Å². The van der Waals surface area contributed by atoms with Gasteiger partial charge in [-0.15, -0.1) is 0 Å². The molecular formula is C21H28ClN5O3S. The van der Waals surface area contributed by atoms with Crippen molar-refractivity contribution in [2.75, 3.05) is 10.6 Å². The number of carbonyl (C=O) groups excluding carboxylic acids is 3. The molecule has 0 spiro atoms. The zero-order valence-corrected chi connectivity index (χ0v) is 19.8. The van der Waals surface area contributed by atoms with Crippen LogP contribution in [0.1, 0.15) is 61.2 Å². The van der Waals surface area contributed by atoms with Crippen LogP contribution < -0.4 is 21.7 Å². The third-order valence-electron chi connectivity index (χ3n) is 4.29. The van der Waals surface area contributed by atoms with Gasteiger partial charge in [-0.2, -0.15) is 4.37 Å². The van der Waals surface area contributed by atoms with Crippen molar-refractivity contribution < 1.29 is 14.4 Å². The van der Waals surface area contributed by atoms with Crippen LogP contribution >= 0.6 is 23.1 Å². The second-order valence-corrected chi connectivity index (χ2v) is 9.88. The summed E-state index contributed by atoms with van der Waals surface area (Å²) in [6.45, 7) is 9.53. The van der Waals surface area contributed by atoms with E-state index in [-0.39, 0.29) is 28.1 Å². The van der Waals surface area contributed by atoms with Gasteiger partial charge >= 0.3 is 0 Å². The molecule has 0 radical (unpaired) electrons. The lowest BCUT2D eigenvalue weighted by molar-refractivity contribution is -0.124. The average molecular weight is 466 g/mol. The van der Waals surface area contributed by atoms with E-state index in [1.807, 2.05) is 34.6 Å². The lowest BCUT2D eigenvalue weighted by Gasteiger charge is -2.34. The summed E-state index contributed by atoms with van der Waals surface area (Å²) in [6.07, 6.45) is 0.400. The predicted molar refractivity (Wildman–Crippen MR) is 124 cm³/mol. The van der Waals surface area contributed by atoms with Crippen molar-refractivity contribution in [2.45, 2.75) is 52.6 Å². The molecule has 0 aliphatic heterocycles. The number of nitrogens with zero attached hydrogens (tertiary/aromatic N) is 2. The number of nitrogen functional groups attached to an aromatic ring is 1. The number of rotatable bonds is 7. The molecule has 0 saturated carbocycles. The number of hydrogen-bond acceptors (Lipinski definition) is 6. The minimum absolute atomic E-state index is 0.0427. The maximum atomic E-state index is 13.6. The molecule has 168 valence electrons. The van der Waals surface area contributed by atoms with Gasteiger partial charge in [0.15, 0.2) is 5.69 Å². The third kappa shape index (κ3) is 6.18. The minimum Gasteiger partial charge on any atom is -0.395 e. The Kier molecular flexibility index (Phi) is 7.67. The van der Waals surface area contributed by atoms with E-state index >= 15 is 0 Å². The van der Waals surface area contributed by atoms with Crippen molar-refractivity contribution in [3.8, 4) is 0 Å².